The van der Waals surface area contributed by atoms with Gasteiger partial charge in [-0.3, -0.25) is 4.79 Å². The van der Waals surface area contributed by atoms with Gasteiger partial charge in [0.15, 0.2) is 0 Å². The van der Waals surface area contributed by atoms with Gasteiger partial charge in [0.05, 0.1) is 11.0 Å². The highest BCUT2D eigenvalue weighted by atomic mass is 16.2. The number of carbonyl (C=O) groups excluding carboxylic acids is 1. The molecule has 4 heteroatoms. The van der Waals surface area contributed by atoms with Crippen molar-refractivity contribution in [3.05, 3.63) is 30.1 Å². The third kappa shape index (κ3) is 4.06. The molecule has 0 aliphatic rings. The first-order valence-electron chi connectivity index (χ1n) is 7.83. The number of aromatic nitrogens is 2. The van der Waals surface area contributed by atoms with Crippen molar-refractivity contribution in [3.63, 3.8) is 0 Å². The number of amides is 1. The van der Waals surface area contributed by atoms with E-state index in [1.54, 1.807) is 0 Å². The Hall–Kier alpha value is -1.84. The summed E-state index contributed by atoms with van der Waals surface area (Å²) in [6.45, 7) is 6.55. The number of hydrogen-bond acceptors (Lipinski definition) is 2. The van der Waals surface area contributed by atoms with Crippen LogP contribution in [0.5, 0.6) is 0 Å². The molecule has 0 bridgehead atoms. The molecule has 2 aromatic rings. The molecule has 1 atom stereocenters. The first-order valence-corrected chi connectivity index (χ1v) is 7.83. The maximum atomic E-state index is 12.2. The predicted octanol–water partition coefficient (Wildman–Crippen LogP) is 3.43. The smallest absolute Gasteiger partial charge is 0.240 e. The lowest BCUT2D eigenvalue weighted by Crippen LogP contribution is -2.35. The number of nitrogens with one attached hydrogen (secondary N) is 1. The Labute approximate surface area is 126 Å². The fraction of sp³-hybridized carbons (Fsp3) is 0.529. The summed E-state index contributed by atoms with van der Waals surface area (Å²) in [6.07, 6.45) is 4.65. The van der Waals surface area contributed by atoms with Crippen molar-refractivity contribution >= 4 is 16.9 Å². The Bertz CT molecular complexity index is 603. The zero-order chi connectivity index (χ0) is 15.2. The van der Waals surface area contributed by atoms with E-state index < -0.39 is 0 Å². The number of hydrogen-bond donors (Lipinski definition) is 1. The quantitative estimate of drug-likeness (QED) is 0.793. The van der Waals surface area contributed by atoms with Gasteiger partial charge in [-0.15, -0.1) is 0 Å². The van der Waals surface area contributed by atoms with Gasteiger partial charge in [0.25, 0.3) is 0 Å². The Morgan fingerprint density at radius 3 is 2.86 bits per heavy atom. The van der Waals surface area contributed by atoms with Crippen molar-refractivity contribution in [2.24, 2.45) is 0 Å². The first-order chi connectivity index (χ1) is 10.1. The number of imidazole rings is 1. The van der Waals surface area contributed by atoms with Gasteiger partial charge in [-0.2, -0.15) is 0 Å². The van der Waals surface area contributed by atoms with Crippen LogP contribution in [-0.2, 0) is 11.3 Å². The van der Waals surface area contributed by atoms with Crippen molar-refractivity contribution in [2.75, 3.05) is 0 Å². The molecule has 4 nitrogen and oxygen atoms in total. The van der Waals surface area contributed by atoms with Crippen LogP contribution < -0.4 is 5.32 Å². The summed E-state index contributed by atoms with van der Waals surface area (Å²) >= 11 is 0. The van der Waals surface area contributed by atoms with Crippen LogP contribution in [0.2, 0.25) is 0 Å². The molecule has 1 aromatic carbocycles. The van der Waals surface area contributed by atoms with Crippen molar-refractivity contribution in [1.82, 2.24) is 14.9 Å². The number of fused-ring (bicyclic) bond motifs is 1. The molecule has 1 N–H and O–H groups in total. The second-order valence-corrected chi connectivity index (χ2v) is 5.70. The molecule has 0 unspecified atom stereocenters. The monoisotopic (exact) mass is 287 g/mol. The third-order valence-corrected chi connectivity index (χ3v) is 3.80. The lowest BCUT2D eigenvalue weighted by atomic mass is 10.1. The van der Waals surface area contributed by atoms with E-state index >= 15 is 0 Å². The standard InChI is InChI=1S/C17H25N3O/c1-4-5-6-9-13(2)18-17(21)12-20-14(3)19-15-10-7-8-11-16(15)20/h7-8,10-11,13H,4-6,9,12H2,1-3H3,(H,18,21)/t13-/m0/s1. The highest BCUT2D eigenvalue weighted by Crippen LogP contribution is 2.15. The molecule has 0 spiro atoms. The van der Waals surface area contributed by atoms with Gasteiger partial charge in [-0.05, 0) is 32.4 Å². The second-order valence-electron chi connectivity index (χ2n) is 5.70. The van der Waals surface area contributed by atoms with E-state index in [1.165, 1.54) is 19.3 Å². The highest BCUT2D eigenvalue weighted by molar-refractivity contribution is 5.81. The maximum Gasteiger partial charge on any atom is 0.240 e. The lowest BCUT2D eigenvalue weighted by molar-refractivity contribution is -0.122. The van der Waals surface area contributed by atoms with Crippen LogP contribution in [0, 0.1) is 6.92 Å². The van der Waals surface area contributed by atoms with Crippen LogP contribution in [0.1, 0.15) is 45.4 Å². The minimum absolute atomic E-state index is 0.0604. The fourth-order valence-electron chi connectivity index (χ4n) is 2.63. The van der Waals surface area contributed by atoms with Crippen molar-refractivity contribution < 1.29 is 4.79 Å². The fourth-order valence-corrected chi connectivity index (χ4v) is 2.63. The third-order valence-electron chi connectivity index (χ3n) is 3.80. The second kappa shape index (κ2) is 7.25. The van der Waals surface area contributed by atoms with Crippen LogP contribution in [-0.4, -0.2) is 21.5 Å². The molecule has 0 radical (unpaired) electrons. The molecule has 0 saturated heterocycles. The van der Waals surface area contributed by atoms with Crippen LogP contribution >= 0.6 is 0 Å². The maximum absolute atomic E-state index is 12.2. The minimum atomic E-state index is 0.0604. The largest absolute Gasteiger partial charge is 0.352 e. The van der Waals surface area contributed by atoms with E-state index in [-0.39, 0.29) is 11.9 Å². The molecule has 0 fully saturated rings. The molecule has 1 heterocycles. The number of para-hydroxylation sites is 2. The summed E-state index contributed by atoms with van der Waals surface area (Å²) in [7, 11) is 0. The van der Waals surface area contributed by atoms with Gasteiger partial charge in [0.1, 0.15) is 12.4 Å². The summed E-state index contributed by atoms with van der Waals surface area (Å²) < 4.78 is 1.98. The molecule has 0 aliphatic carbocycles. The number of unbranched alkanes of at least 4 members (excludes halogenated alkanes) is 2. The number of aryl methyl sites for hydroxylation is 1. The average Bonchev–Trinajstić information content (AvgIpc) is 2.75. The van der Waals surface area contributed by atoms with Crippen molar-refractivity contribution in [3.8, 4) is 0 Å². The summed E-state index contributed by atoms with van der Waals surface area (Å²) in [4.78, 5) is 16.7. The number of benzene rings is 1. The van der Waals surface area contributed by atoms with Gasteiger partial charge in [0, 0.05) is 6.04 Å². The van der Waals surface area contributed by atoms with E-state index in [4.69, 9.17) is 0 Å². The summed E-state index contributed by atoms with van der Waals surface area (Å²) in [6, 6.07) is 8.16. The lowest BCUT2D eigenvalue weighted by Gasteiger charge is -2.14. The Balaban J connectivity index is 1.97. The molecular formula is C17H25N3O. The highest BCUT2D eigenvalue weighted by Gasteiger charge is 2.12. The normalized spacial score (nSPS) is 12.5. The summed E-state index contributed by atoms with van der Waals surface area (Å²) in [5, 5.41) is 3.08. The molecular weight excluding hydrogens is 262 g/mol. The van der Waals surface area contributed by atoms with Crippen molar-refractivity contribution in [2.45, 2.75) is 59.0 Å². The van der Waals surface area contributed by atoms with E-state index in [0.29, 0.717) is 6.54 Å². The van der Waals surface area contributed by atoms with Crippen LogP contribution in [0.25, 0.3) is 11.0 Å². The Morgan fingerprint density at radius 2 is 2.10 bits per heavy atom. The van der Waals surface area contributed by atoms with E-state index in [1.807, 2.05) is 35.8 Å². The summed E-state index contributed by atoms with van der Waals surface area (Å²) in [5.74, 6) is 0.940. The summed E-state index contributed by atoms with van der Waals surface area (Å²) in [5.41, 5.74) is 1.96. The van der Waals surface area contributed by atoms with Gasteiger partial charge >= 0.3 is 0 Å². The van der Waals surface area contributed by atoms with Crippen LogP contribution in [0.3, 0.4) is 0 Å². The van der Waals surface area contributed by atoms with E-state index in [2.05, 4.69) is 24.1 Å². The molecule has 1 aromatic heterocycles. The van der Waals surface area contributed by atoms with Gasteiger partial charge in [0.2, 0.25) is 5.91 Å². The molecule has 1 amide bonds. The molecule has 114 valence electrons. The van der Waals surface area contributed by atoms with E-state index in [9.17, 15) is 4.79 Å². The minimum Gasteiger partial charge on any atom is -0.352 e. The van der Waals surface area contributed by atoms with E-state index in [0.717, 1.165) is 23.3 Å². The molecule has 0 aliphatic heterocycles. The number of nitrogens with zero attached hydrogens (tertiary/aromatic N) is 2. The zero-order valence-corrected chi connectivity index (χ0v) is 13.2. The SMILES string of the molecule is CCCCC[C@H](C)NC(=O)Cn1c(C)nc2ccccc21. The number of carbonyl (C=O) groups is 1. The average molecular weight is 287 g/mol. The Morgan fingerprint density at radius 1 is 1.33 bits per heavy atom. The topological polar surface area (TPSA) is 46.9 Å². The molecule has 21 heavy (non-hydrogen) atoms. The van der Waals surface area contributed by atoms with Gasteiger partial charge in [-0.25, -0.2) is 4.98 Å². The predicted molar refractivity (Wildman–Crippen MR) is 86.2 cm³/mol. The molecule has 0 saturated carbocycles. The van der Waals surface area contributed by atoms with Gasteiger partial charge in [-0.1, -0.05) is 38.3 Å². The van der Waals surface area contributed by atoms with Crippen LogP contribution in [0.4, 0.5) is 0 Å². The van der Waals surface area contributed by atoms with Gasteiger partial charge < -0.3 is 9.88 Å². The number of rotatable bonds is 7. The zero-order valence-electron chi connectivity index (χ0n) is 13.2. The molecule has 2 rings (SSSR count). The first kappa shape index (κ1) is 15.5. The van der Waals surface area contributed by atoms with Crippen molar-refractivity contribution in [1.29, 1.82) is 0 Å². The van der Waals surface area contributed by atoms with Crippen LogP contribution in [0.15, 0.2) is 24.3 Å². The Kier molecular flexibility index (Phi) is 5.37.